The highest BCUT2D eigenvalue weighted by atomic mass is 35.5. The van der Waals surface area contributed by atoms with Crippen molar-refractivity contribution in [1.82, 2.24) is 20.3 Å². The van der Waals surface area contributed by atoms with Gasteiger partial charge in [-0.15, -0.1) is 0 Å². The zero-order valence-electron chi connectivity index (χ0n) is 15.7. The van der Waals surface area contributed by atoms with Gasteiger partial charge in [0.15, 0.2) is 0 Å². The van der Waals surface area contributed by atoms with E-state index in [1.54, 1.807) is 6.33 Å². The molecule has 3 N–H and O–H groups in total. The van der Waals surface area contributed by atoms with Crippen molar-refractivity contribution in [2.24, 2.45) is 0 Å². The van der Waals surface area contributed by atoms with Crippen LogP contribution in [0.15, 0.2) is 42.9 Å². The molecular formula is C20H23ClN6O. The van der Waals surface area contributed by atoms with E-state index in [2.05, 4.69) is 30.5 Å². The van der Waals surface area contributed by atoms with Crippen LogP contribution in [0.25, 0.3) is 11.0 Å². The first-order valence-corrected chi connectivity index (χ1v) is 9.83. The molecule has 0 radical (unpaired) electrons. The Morgan fingerprint density at radius 1 is 1.36 bits per heavy atom. The second-order valence-electron chi connectivity index (χ2n) is 7.11. The van der Waals surface area contributed by atoms with Gasteiger partial charge in [-0.25, -0.2) is 9.97 Å². The number of fused-ring (bicyclic) bond motifs is 1. The van der Waals surface area contributed by atoms with E-state index in [9.17, 15) is 4.79 Å². The first-order chi connectivity index (χ1) is 13.6. The molecule has 1 amide bonds. The molecule has 1 aliphatic heterocycles. The molecule has 0 aliphatic carbocycles. The SMILES string of the molecule is C[C@@H](Nc1cccc(Cl)c1)C(=O)N[C@@H]1CCCN(c2ncnc3[nH]ccc23)C1. The molecule has 1 saturated heterocycles. The molecule has 7 nitrogen and oxygen atoms in total. The summed E-state index contributed by atoms with van der Waals surface area (Å²) in [5, 5.41) is 8.01. The number of aromatic nitrogens is 3. The molecule has 0 saturated carbocycles. The van der Waals surface area contributed by atoms with Crippen LogP contribution >= 0.6 is 11.6 Å². The summed E-state index contributed by atoms with van der Waals surface area (Å²) in [6.45, 7) is 3.50. The van der Waals surface area contributed by atoms with E-state index in [0.717, 1.165) is 48.5 Å². The Labute approximate surface area is 168 Å². The summed E-state index contributed by atoms with van der Waals surface area (Å²) in [6.07, 6.45) is 5.40. The van der Waals surface area contributed by atoms with E-state index < -0.39 is 0 Å². The summed E-state index contributed by atoms with van der Waals surface area (Å²) < 4.78 is 0. The number of carbonyl (C=O) groups is 1. The number of benzene rings is 1. The van der Waals surface area contributed by atoms with Gasteiger partial charge in [-0.1, -0.05) is 17.7 Å². The summed E-state index contributed by atoms with van der Waals surface area (Å²) in [5.74, 6) is 0.886. The average Bonchev–Trinajstić information content (AvgIpc) is 3.17. The van der Waals surface area contributed by atoms with Crippen molar-refractivity contribution in [1.29, 1.82) is 0 Å². The van der Waals surface area contributed by atoms with E-state index in [4.69, 9.17) is 11.6 Å². The van der Waals surface area contributed by atoms with Crippen LogP contribution in [-0.4, -0.2) is 46.0 Å². The quantitative estimate of drug-likeness (QED) is 0.614. The molecule has 1 aliphatic rings. The molecule has 3 aromatic rings. The monoisotopic (exact) mass is 398 g/mol. The Bertz CT molecular complexity index is 974. The lowest BCUT2D eigenvalue weighted by Gasteiger charge is -2.34. The maximum atomic E-state index is 12.7. The highest BCUT2D eigenvalue weighted by Crippen LogP contribution is 2.25. The maximum Gasteiger partial charge on any atom is 0.242 e. The molecule has 1 fully saturated rings. The van der Waals surface area contributed by atoms with Crippen molar-refractivity contribution in [3.8, 4) is 0 Å². The summed E-state index contributed by atoms with van der Waals surface area (Å²) in [5.41, 5.74) is 1.66. The smallest absolute Gasteiger partial charge is 0.242 e. The minimum atomic E-state index is -0.357. The Morgan fingerprint density at radius 2 is 2.25 bits per heavy atom. The molecule has 2 atom stereocenters. The maximum absolute atomic E-state index is 12.7. The zero-order valence-corrected chi connectivity index (χ0v) is 16.4. The highest BCUT2D eigenvalue weighted by Gasteiger charge is 2.25. The van der Waals surface area contributed by atoms with Crippen LogP contribution in [0.4, 0.5) is 11.5 Å². The van der Waals surface area contributed by atoms with Gasteiger partial charge < -0.3 is 20.5 Å². The number of halogens is 1. The average molecular weight is 399 g/mol. The number of rotatable bonds is 5. The normalized spacial score (nSPS) is 18.1. The number of nitrogens with one attached hydrogen (secondary N) is 3. The number of carbonyl (C=O) groups excluding carboxylic acids is 1. The van der Waals surface area contributed by atoms with E-state index >= 15 is 0 Å². The van der Waals surface area contributed by atoms with Crippen molar-refractivity contribution in [2.45, 2.75) is 31.8 Å². The van der Waals surface area contributed by atoms with Crippen LogP contribution in [0.1, 0.15) is 19.8 Å². The van der Waals surface area contributed by atoms with E-state index in [1.165, 1.54) is 0 Å². The molecule has 0 unspecified atom stereocenters. The minimum absolute atomic E-state index is 0.0266. The van der Waals surface area contributed by atoms with Gasteiger partial charge in [-0.2, -0.15) is 0 Å². The second kappa shape index (κ2) is 8.06. The minimum Gasteiger partial charge on any atom is -0.374 e. The van der Waals surface area contributed by atoms with Crippen molar-refractivity contribution < 1.29 is 4.79 Å². The Balaban J connectivity index is 1.39. The predicted molar refractivity (Wildman–Crippen MR) is 112 cm³/mol. The van der Waals surface area contributed by atoms with E-state index in [-0.39, 0.29) is 18.0 Å². The Kier molecular flexibility index (Phi) is 5.34. The standard InChI is InChI=1S/C20H23ClN6O/c1-13(25-15-5-2-4-14(21)10-15)20(28)26-16-6-3-9-27(11-16)19-17-7-8-22-18(17)23-12-24-19/h2,4-5,7-8,10,12-13,16,25H,3,6,9,11H2,1H3,(H,26,28)(H,22,23,24)/t13-,16-/m1/s1. The fraction of sp³-hybridized carbons (Fsp3) is 0.350. The number of aromatic amines is 1. The number of hydrogen-bond donors (Lipinski definition) is 3. The molecular weight excluding hydrogens is 376 g/mol. The summed E-state index contributed by atoms with van der Waals surface area (Å²) >= 11 is 6.01. The van der Waals surface area contributed by atoms with Crippen LogP contribution in [-0.2, 0) is 4.79 Å². The van der Waals surface area contributed by atoms with Crippen molar-refractivity contribution >= 4 is 40.0 Å². The number of piperidine rings is 1. The number of amides is 1. The fourth-order valence-electron chi connectivity index (χ4n) is 3.62. The highest BCUT2D eigenvalue weighted by molar-refractivity contribution is 6.30. The molecule has 146 valence electrons. The third kappa shape index (κ3) is 4.04. The molecule has 4 rings (SSSR count). The lowest BCUT2D eigenvalue weighted by Crippen LogP contribution is -2.51. The van der Waals surface area contributed by atoms with Crippen molar-refractivity contribution in [3.63, 3.8) is 0 Å². The van der Waals surface area contributed by atoms with Crippen LogP contribution in [0.3, 0.4) is 0 Å². The summed E-state index contributed by atoms with van der Waals surface area (Å²) in [6, 6.07) is 9.09. The van der Waals surface area contributed by atoms with Crippen LogP contribution < -0.4 is 15.5 Å². The molecule has 0 bridgehead atoms. The summed E-state index contributed by atoms with van der Waals surface area (Å²) in [4.78, 5) is 26.7. The third-order valence-electron chi connectivity index (χ3n) is 5.00. The Hall–Kier alpha value is -2.80. The van der Waals surface area contributed by atoms with E-state index in [1.807, 2.05) is 43.5 Å². The number of anilines is 2. The van der Waals surface area contributed by atoms with Crippen LogP contribution in [0, 0.1) is 0 Å². The molecule has 28 heavy (non-hydrogen) atoms. The number of hydrogen-bond acceptors (Lipinski definition) is 5. The van der Waals surface area contributed by atoms with Crippen molar-refractivity contribution in [2.75, 3.05) is 23.3 Å². The summed E-state index contributed by atoms with van der Waals surface area (Å²) in [7, 11) is 0. The number of H-pyrrole nitrogens is 1. The van der Waals surface area contributed by atoms with Gasteiger partial charge in [0.2, 0.25) is 5.91 Å². The first-order valence-electron chi connectivity index (χ1n) is 9.45. The predicted octanol–water partition coefficient (Wildman–Crippen LogP) is 3.20. The van der Waals surface area contributed by atoms with Crippen molar-refractivity contribution in [3.05, 3.63) is 47.9 Å². The second-order valence-corrected chi connectivity index (χ2v) is 7.54. The van der Waals surface area contributed by atoms with Gasteiger partial charge in [0.25, 0.3) is 0 Å². The van der Waals surface area contributed by atoms with Gasteiger partial charge in [-0.05, 0) is 44.0 Å². The lowest BCUT2D eigenvalue weighted by molar-refractivity contribution is -0.122. The molecule has 0 spiro atoms. The largest absolute Gasteiger partial charge is 0.374 e. The van der Waals surface area contributed by atoms with Gasteiger partial charge in [0.05, 0.1) is 5.39 Å². The van der Waals surface area contributed by atoms with Gasteiger partial charge in [0.1, 0.15) is 23.8 Å². The first kappa shape index (κ1) is 18.6. The third-order valence-corrected chi connectivity index (χ3v) is 5.24. The molecule has 8 heteroatoms. The molecule has 1 aromatic carbocycles. The van der Waals surface area contributed by atoms with Crippen LogP contribution in [0.5, 0.6) is 0 Å². The fourth-order valence-corrected chi connectivity index (χ4v) is 3.81. The topological polar surface area (TPSA) is 85.9 Å². The van der Waals surface area contributed by atoms with Gasteiger partial charge >= 0.3 is 0 Å². The van der Waals surface area contributed by atoms with E-state index in [0.29, 0.717) is 5.02 Å². The number of nitrogens with zero attached hydrogens (tertiary/aromatic N) is 3. The van der Waals surface area contributed by atoms with Gasteiger partial charge in [-0.3, -0.25) is 4.79 Å². The van der Waals surface area contributed by atoms with Gasteiger partial charge in [0, 0.05) is 36.0 Å². The van der Waals surface area contributed by atoms with Crippen LogP contribution in [0.2, 0.25) is 5.02 Å². The molecule has 2 aromatic heterocycles. The molecule has 3 heterocycles. The zero-order chi connectivity index (χ0) is 19.5. The Morgan fingerprint density at radius 3 is 3.11 bits per heavy atom. The lowest BCUT2D eigenvalue weighted by atomic mass is 10.0.